The van der Waals surface area contributed by atoms with Crippen LogP contribution in [0.1, 0.15) is 31.2 Å². The summed E-state index contributed by atoms with van der Waals surface area (Å²) < 4.78 is 42.8. The first-order valence-corrected chi connectivity index (χ1v) is 7.41. The lowest BCUT2D eigenvalue weighted by Gasteiger charge is -2.22. The van der Waals surface area contributed by atoms with Gasteiger partial charge in [0.05, 0.1) is 12.2 Å². The lowest BCUT2D eigenvalue weighted by Crippen LogP contribution is -2.29. The predicted molar refractivity (Wildman–Crippen MR) is 74.6 cm³/mol. The summed E-state index contributed by atoms with van der Waals surface area (Å²) in [6.45, 7) is 2.52. The number of nitrogens with one attached hydrogen (secondary N) is 1. The summed E-state index contributed by atoms with van der Waals surface area (Å²) in [5.74, 6) is 0.713. The first-order chi connectivity index (χ1) is 9.97. The van der Waals surface area contributed by atoms with E-state index in [4.69, 9.17) is 16.3 Å². The molecule has 0 saturated carbocycles. The number of nitrogens with zero attached hydrogens (tertiary/aromatic N) is 1. The summed E-state index contributed by atoms with van der Waals surface area (Å²) in [6.07, 6.45) is 0.580. The minimum atomic E-state index is -4.44. The van der Waals surface area contributed by atoms with Gasteiger partial charge in [0, 0.05) is 6.20 Å². The van der Waals surface area contributed by atoms with Gasteiger partial charge < -0.3 is 10.1 Å². The Morgan fingerprint density at radius 2 is 2.24 bits per heavy atom. The Kier molecular flexibility index (Phi) is 5.70. The lowest BCUT2D eigenvalue weighted by atomic mass is 9.95. The fraction of sp³-hybridized carbons (Fsp3) is 0.643. The van der Waals surface area contributed by atoms with Crippen molar-refractivity contribution in [3.05, 3.63) is 22.8 Å². The van der Waals surface area contributed by atoms with E-state index in [0.717, 1.165) is 38.2 Å². The SMILES string of the molecule is FC(F)(F)c1cnc(OCCC[C@H]2CCCNC2)c(Cl)c1. The highest BCUT2D eigenvalue weighted by Gasteiger charge is 2.31. The van der Waals surface area contributed by atoms with Gasteiger partial charge in [0.2, 0.25) is 5.88 Å². The van der Waals surface area contributed by atoms with E-state index in [0.29, 0.717) is 12.5 Å². The molecule has 1 aromatic rings. The van der Waals surface area contributed by atoms with Crippen LogP contribution in [0.2, 0.25) is 5.02 Å². The van der Waals surface area contributed by atoms with Gasteiger partial charge >= 0.3 is 6.18 Å². The van der Waals surface area contributed by atoms with Crippen LogP contribution >= 0.6 is 11.6 Å². The molecule has 118 valence electrons. The molecule has 0 aromatic carbocycles. The van der Waals surface area contributed by atoms with Crippen LogP contribution in [0.4, 0.5) is 13.2 Å². The molecule has 0 aliphatic carbocycles. The Morgan fingerprint density at radius 3 is 2.86 bits per heavy atom. The molecule has 1 aliphatic rings. The average molecular weight is 323 g/mol. The Labute approximate surface area is 126 Å². The molecule has 1 aromatic heterocycles. The zero-order chi connectivity index (χ0) is 15.3. The Balaban J connectivity index is 1.78. The molecule has 2 rings (SSSR count). The van der Waals surface area contributed by atoms with Crippen LogP contribution < -0.4 is 10.1 Å². The third kappa shape index (κ3) is 5.04. The van der Waals surface area contributed by atoms with Crippen molar-refractivity contribution >= 4 is 11.6 Å². The number of pyridine rings is 1. The van der Waals surface area contributed by atoms with Crippen LogP contribution in [0.25, 0.3) is 0 Å². The van der Waals surface area contributed by atoms with E-state index in [-0.39, 0.29) is 10.9 Å². The third-order valence-corrected chi connectivity index (χ3v) is 3.80. The Morgan fingerprint density at radius 1 is 1.43 bits per heavy atom. The molecule has 21 heavy (non-hydrogen) atoms. The number of rotatable bonds is 5. The molecule has 7 heteroatoms. The second kappa shape index (κ2) is 7.31. The number of alkyl halides is 3. The van der Waals surface area contributed by atoms with Crippen molar-refractivity contribution in [2.45, 2.75) is 31.9 Å². The second-order valence-electron chi connectivity index (χ2n) is 5.21. The summed E-state index contributed by atoms with van der Waals surface area (Å²) in [5, 5.41) is 3.23. The van der Waals surface area contributed by atoms with Gasteiger partial charge in [0.25, 0.3) is 0 Å². The normalized spacial score (nSPS) is 19.5. The number of halogens is 4. The summed E-state index contributed by atoms with van der Waals surface area (Å²) in [6, 6.07) is 0.842. The highest BCUT2D eigenvalue weighted by atomic mass is 35.5. The van der Waals surface area contributed by atoms with Crippen molar-refractivity contribution in [3.8, 4) is 5.88 Å². The molecule has 2 heterocycles. The fourth-order valence-electron chi connectivity index (χ4n) is 2.40. The molecule has 3 nitrogen and oxygen atoms in total. The smallest absolute Gasteiger partial charge is 0.417 e. The minimum absolute atomic E-state index is 0.0615. The van der Waals surface area contributed by atoms with Crippen molar-refractivity contribution in [2.24, 2.45) is 5.92 Å². The van der Waals surface area contributed by atoms with Gasteiger partial charge in [-0.1, -0.05) is 11.6 Å². The maximum atomic E-state index is 12.5. The molecule has 0 spiro atoms. The first kappa shape index (κ1) is 16.4. The predicted octanol–water partition coefficient (Wildman–Crippen LogP) is 3.91. The fourth-order valence-corrected chi connectivity index (χ4v) is 2.62. The summed E-state index contributed by atoms with van der Waals surface area (Å²) in [4.78, 5) is 3.64. The monoisotopic (exact) mass is 322 g/mol. The highest BCUT2D eigenvalue weighted by molar-refractivity contribution is 6.31. The zero-order valence-corrected chi connectivity index (χ0v) is 12.3. The van der Waals surface area contributed by atoms with E-state index in [1.807, 2.05) is 0 Å². The number of hydrogen-bond acceptors (Lipinski definition) is 3. The van der Waals surface area contributed by atoms with E-state index in [1.165, 1.54) is 12.8 Å². The first-order valence-electron chi connectivity index (χ1n) is 7.03. The quantitative estimate of drug-likeness (QED) is 0.835. The van der Waals surface area contributed by atoms with Crippen molar-refractivity contribution in [2.75, 3.05) is 19.7 Å². The van der Waals surface area contributed by atoms with Crippen LogP contribution in [0.5, 0.6) is 5.88 Å². The van der Waals surface area contributed by atoms with Gasteiger partial charge in [-0.2, -0.15) is 13.2 Å². The molecule has 0 amide bonds. The maximum Gasteiger partial charge on any atom is 0.417 e. The van der Waals surface area contributed by atoms with Crippen molar-refractivity contribution in [3.63, 3.8) is 0 Å². The molecule has 0 unspecified atom stereocenters. The van der Waals surface area contributed by atoms with Crippen molar-refractivity contribution < 1.29 is 17.9 Å². The molecule has 0 radical (unpaired) electrons. The van der Waals surface area contributed by atoms with Crippen LogP contribution in [-0.2, 0) is 6.18 Å². The van der Waals surface area contributed by atoms with Gasteiger partial charge in [-0.05, 0) is 50.8 Å². The number of ether oxygens (including phenoxy) is 1. The molecule has 1 fully saturated rings. The zero-order valence-electron chi connectivity index (χ0n) is 11.5. The summed E-state index contributed by atoms with van der Waals surface area (Å²) >= 11 is 5.77. The second-order valence-corrected chi connectivity index (χ2v) is 5.62. The molecule has 1 saturated heterocycles. The van der Waals surface area contributed by atoms with E-state index in [2.05, 4.69) is 10.3 Å². The van der Waals surface area contributed by atoms with E-state index >= 15 is 0 Å². The standard InChI is InChI=1S/C14H18ClF3N2O/c15-12-7-11(14(16,17)18)9-20-13(12)21-6-2-4-10-3-1-5-19-8-10/h7,9-10,19H,1-6,8H2/t10-/m1/s1. The number of hydrogen-bond donors (Lipinski definition) is 1. The van der Waals surface area contributed by atoms with E-state index < -0.39 is 11.7 Å². The van der Waals surface area contributed by atoms with Gasteiger partial charge in [-0.15, -0.1) is 0 Å². The van der Waals surface area contributed by atoms with Crippen molar-refractivity contribution in [1.82, 2.24) is 10.3 Å². The van der Waals surface area contributed by atoms with E-state index in [1.54, 1.807) is 0 Å². The maximum absolute atomic E-state index is 12.5. The summed E-state index contributed by atoms with van der Waals surface area (Å²) in [5.41, 5.74) is -0.867. The van der Waals surface area contributed by atoms with Gasteiger partial charge in [0.15, 0.2) is 0 Å². The third-order valence-electron chi connectivity index (χ3n) is 3.53. The molecular weight excluding hydrogens is 305 g/mol. The molecule has 1 atom stereocenters. The molecule has 1 N–H and O–H groups in total. The van der Waals surface area contributed by atoms with Crippen molar-refractivity contribution in [1.29, 1.82) is 0 Å². The minimum Gasteiger partial charge on any atom is -0.477 e. The Hall–Kier alpha value is -1.01. The highest BCUT2D eigenvalue weighted by Crippen LogP contribution is 2.33. The molecular formula is C14H18ClF3N2O. The van der Waals surface area contributed by atoms with E-state index in [9.17, 15) is 13.2 Å². The van der Waals surface area contributed by atoms with Gasteiger partial charge in [-0.25, -0.2) is 4.98 Å². The largest absolute Gasteiger partial charge is 0.477 e. The molecule has 1 aliphatic heterocycles. The average Bonchev–Trinajstić information content (AvgIpc) is 2.45. The topological polar surface area (TPSA) is 34.1 Å². The van der Waals surface area contributed by atoms with Gasteiger partial charge in [-0.3, -0.25) is 0 Å². The van der Waals surface area contributed by atoms with Crippen LogP contribution in [0.3, 0.4) is 0 Å². The molecule has 0 bridgehead atoms. The number of aromatic nitrogens is 1. The lowest BCUT2D eigenvalue weighted by molar-refractivity contribution is -0.137. The Bertz CT molecular complexity index is 462. The van der Waals surface area contributed by atoms with Gasteiger partial charge in [0.1, 0.15) is 5.02 Å². The summed E-state index contributed by atoms with van der Waals surface area (Å²) in [7, 11) is 0. The number of piperidine rings is 1. The van der Waals surface area contributed by atoms with Crippen LogP contribution in [0, 0.1) is 5.92 Å². The van der Waals surface area contributed by atoms with Crippen LogP contribution in [0.15, 0.2) is 12.3 Å². The van der Waals surface area contributed by atoms with Crippen LogP contribution in [-0.4, -0.2) is 24.7 Å².